The molecule has 6 nitrogen and oxygen atoms in total. The van der Waals surface area contributed by atoms with Gasteiger partial charge in [0.2, 0.25) is 0 Å². The number of ether oxygens (including phenoxy) is 2. The molecule has 2 N–H and O–H groups in total. The summed E-state index contributed by atoms with van der Waals surface area (Å²) in [6.07, 6.45) is 0.731. The average Bonchev–Trinajstić information content (AvgIpc) is 2.46. The molecular weight excluding hydrogens is 272 g/mol. The highest BCUT2D eigenvalue weighted by Gasteiger charge is 2.21. The lowest BCUT2D eigenvalue weighted by atomic mass is 10.1. The molecule has 6 heteroatoms. The number of hydrogen-bond donors (Lipinski definition) is 1. The summed E-state index contributed by atoms with van der Waals surface area (Å²) in [5.74, 6) is -0.296. The highest BCUT2D eigenvalue weighted by molar-refractivity contribution is 6.01. The summed E-state index contributed by atoms with van der Waals surface area (Å²) in [6, 6.07) is 4.99. The van der Waals surface area contributed by atoms with Crippen LogP contribution < -0.4 is 10.5 Å². The monoisotopic (exact) mass is 294 g/mol. The standard InChI is InChI=1S/C15H22N2O4/c1-4-9-17(10-13(18)21-5-2)15(19)11-7-6-8-12(20-3)14(11)16/h6-8H,4-5,9-10,16H2,1-3H3. The molecule has 1 aromatic carbocycles. The Labute approximate surface area is 124 Å². The molecular formula is C15H22N2O4. The number of esters is 1. The number of nitrogens with two attached hydrogens (primary N) is 1. The number of rotatable bonds is 7. The predicted octanol–water partition coefficient (Wildman–Crippen LogP) is 1.69. The molecule has 0 aromatic heterocycles. The Hall–Kier alpha value is -2.24. The Morgan fingerprint density at radius 3 is 2.57 bits per heavy atom. The van der Waals surface area contributed by atoms with Crippen molar-refractivity contribution < 1.29 is 19.1 Å². The minimum atomic E-state index is -0.430. The lowest BCUT2D eigenvalue weighted by Gasteiger charge is -2.22. The zero-order valence-electron chi connectivity index (χ0n) is 12.7. The first-order valence-corrected chi connectivity index (χ1v) is 6.92. The zero-order valence-corrected chi connectivity index (χ0v) is 12.7. The second-order valence-corrected chi connectivity index (χ2v) is 4.45. The molecule has 0 heterocycles. The van der Waals surface area contributed by atoms with Gasteiger partial charge in [0.1, 0.15) is 12.3 Å². The van der Waals surface area contributed by atoms with E-state index in [1.54, 1.807) is 25.1 Å². The van der Waals surface area contributed by atoms with Crippen LogP contribution in [0.5, 0.6) is 5.75 Å². The fourth-order valence-corrected chi connectivity index (χ4v) is 1.96. The molecule has 21 heavy (non-hydrogen) atoms. The number of para-hydroxylation sites is 1. The van der Waals surface area contributed by atoms with E-state index >= 15 is 0 Å². The van der Waals surface area contributed by atoms with Crippen LogP contribution in [0.1, 0.15) is 30.6 Å². The Morgan fingerprint density at radius 2 is 2.00 bits per heavy atom. The Morgan fingerprint density at radius 1 is 1.29 bits per heavy atom. The van der Waals surface area contributed by atoms with Crippen molar-refractivity contribution in [3.63, 3.8) is 0 Å². The number of anilines is 1. The molecule has 0 unspecified atom stereocenters. The van der Waals surface area contributed by atoms with E-state index in [0.717, 1.165) is 6.42 Å². The second kappa shape index (κ2) is 8.14. The maximum atomic E-state index is 12.5. The molecule has 1 amide bonds. The van der Waals surface area contributed by atoms with E-state index in [-0.39, 0.29) is 24.7 Å². The van der Waals surface area contributed by atoms with Crippen molar-refractivity contribution in [1.29, 1.82) is 0 Å². The lowest BCUT2D eigenvalue weighted by Crippen LogP contribution is -2.37. The van der Waals surface area contributed by atoms with Crippen molar-refractivity contribution in [3.05, 3.63) is 23.8 Å². The summed E-state index contributed by atoms with van der Waals surface area (Å²) in [6.45, 7) is 4.31. The quantitative estimate of drug-likeness (QED) is 0.611. The highest BCUT2D eigenvalue weighted by atomic mass is 16.5. The average molecular weight is 294 g/mol. The van der Waals surface area contributed by atoms with Crippen LogP contribution in [0.2, 0.25) is 0 Å². The van der Waals surface area contributed by atoms with Crippen LogP contribution >= 0.6 is 0 Å². The fourth-order valence-electron chi connectivity index (χ4n) is 1.96. The minimum Gasteiger partial charge on any atom is -0.495 e. The van der Waals surface area contributed by atoms with Crippen LogP contribution in [0.3, 0.4) is 0 Å². The third kappa shape index (κ3) is 4.37. The summed E-state index contributed by atoms with van der Waals surface area (Å²) < 4.78 is 10.00. The van der Waals surface area contributed by atoms with Gasteiger partial charge in [0.25, 0.3) is 5.91 Å². The summed E-state index contributed by atoms with van der Waals surface area (Å²) in [7, 11) is 1.49. The maximum Gasteiger partial charge on any atom is 0.325 e. The van der Waals surface area contributed by atoms with Gasteiger partial charge in [-0.15, -0.1) is 0 Å². The third-order valence-corrected chi connectivity index (χ3v) is 2.92. The van der Waals surface area contributed by atoms with Crippen molar-refractivity contribution in [2.75, 3.05) is 32.5 Å². The number of hydrogen-bond acceptors (Lipinski definition) is 5. The van der Waals surface area contributed by atoms with E-state index in [9.17, 15) is 9.59 Å². The number of nitrogens with zero attached hydrogens (tertiary/aromatic N) is 1. The molecule has 0 atom stereocenters. The van der Waals surface area contributed by atoms with Gasteiger partial charge in [0.15, 0.2) is 0 Å². The van der Waals surface area contributed by atoms with Crippen LogP contribution in [-0.4, -0.2) is 43.6 Å². The minimum absolute atomic E-state index is 0.0861. The second-order valence-electron chi connectivity index (χ2n) is 4.45. The predicted molar refractivity (Wildman–Crippen MR) is 80.2 cm³/mol. The van der Waals surface area contributed by atoms with Crippen LogP contribution in [0, 0.1) is 0 Å². The van der Waals surface area contributed by atoms with Gasteiger partial charge in [0, 0.05) is 6.54 Å². The molecule has 1 aromatic rings. The van der Waals surface area contributed by atoms with Gasteiger partial charge in [-0.3, -0.25) is 9.59 Å². The van der Waals surface area contributed by atoms with E-state index in [1.807, 2.05) is 6.92 Å². The van der Waals surface area contributed by atoms with Gasteiger partial charge < -0.3 is 20.1 Å². The van der Waals surface area contributed by atoms with Crippen molar-refractivity contribution in [1.82, 2.24) is 4.90 Å². The molecule has 0 fully saturated rings. The molecule has 0 spiro atoms. The third-order valence-electron chi connectivity index (χ3n) is 2.92. The van der Waals surface area contributed by atoms with Gasteiger partial charge in [-0.05, 0) is 25.5 Å². The first-order chi connectivity index (χ1) is 10.0. The molecule has 1 rings (SSSR count). The Bertz CT molecular complexity index is 502. The summed E-state index contributed by atoms with van der Waals surface area (Å²) in [5, 5.41) is 0. The van der Waals surface area contributed by atoms with Gasteiger partial charge in [-0.2, -0.15) is 0 Å². The number of methoxy groups -OCH3 is 1. The van der Waals surface area contributed by atoms with Crippen molar-refractivity contribution in [2.45, 2.75) is 20.3 Å². The topological polar surface area (TPSA) is 81.9 Å². The molecule has 116 valence electrons. The normalized spacial score (nSPS) is 10.0. The number of carbonyl (C=O) groups is 2. The summed E-state index contributed by atoms with van der Waals surface area (Å²) in [4.78, 5) is 25.6. The Kier molecular flexibility index (Phi) is 6.52. The summed E-state index contributed by atoms with van der Waals surface area (Å²) in [5.41, 5.74) is 6.53. The van der Waals surface area contributed by atoms with E-state index in [0.29, 0.717) is 17.9 Å². The van der Waals surface area contributed by atoms with Gasteiger partial charge in [0.05, 0.1) is 25.0 Å². The molecule has 0 saturated carbocycles. The molecule has 0 aliphatic heterocycles. The van der Waals surface area contributed by atoms with E-state index in [4.69, 9.17) is 15.2 Å². The molecule has 0 aliphatic rings. The van der Waals surface area contributed by atoms with E-state index in [1.165, 1.54) is 12.0 Å². The number of carbonyl (C=O) groups excluding carboxylic acids is 2. The Balaban J connectivity index is 2.98. The maximum absolute atomic E-state index is 12.5. The van der Waals surface area contributed by atoms with Crippen LogP contribution in [0.15, 0.2) is 18.2 Å². The number of nitrogen functional groups attached to an aromatic ring is 1. The molecule has 0 radical (unpaired) electrons. The van der Waals surface area contributed by atoms with Crippen LogP contribution in [0.4, 0.5) is 5.69 Å². The van der Waals surface area contributed by atoms with Crippen molar-refractivity contribution in [3.8, 4) is 5.75 Å². The lowest BCUT2D eigenvalue weighted by molar-refractivity contribution is -0.143. The first kappa shape index (κ1) is 16.8. The van der Waals surface area contributed by atoms with Gasteiger partial charge >= 0.3 is 5.97 Å². The highest BCUT2D eigenvalue weighted by Crippen LogP contribution is 2.25. The smallest absolute Gasteiger partial charge is 0.325 e. The molecule has 0 aliphatic carbocycles. The largest absolute Gasteiger partial charge is 0.495 e. The SMILES string of the molecule is CCCN(CC(=O)OCC)C(=O)c1cccc(OC)c1N. The summed E-state index contributed by atoms with van der Waals surface area (Å²) >= 11 is 0. The van der Waals surface area contributed by atoms with E-state index in [2.05, 4.69) is 0 Å². The van der Waals surface area contributed by atoms with Crippen molar-refractivity contribution in [2.24, 2.45) is 0 Å². The fraction of sp³-hybridized carbons (Fsp3) is 0.467. The number of benzene rings is 1. The molecule has 0 saturated heterocycles. The van der Waals surface area contributed by atoms with Gasteiger partial charge in [-0.25, -0.2) is 0 Å². The number of amides is 1. The van der Waals surface area contributed by atoms with Crippen molar-refractivity contribution >= 4 is 17.6 Å². The van der Waals surface area contributed by atoms with Crippen LogP contribution in [0.25, 0.3) is 0 Å². The molecule has 0 bridgehead atoms. The zero-order chi connectivity index (χ0) is 15.8. The first-order valence-electron chi connectivity index (χ1n) is 6.92. The van der Waals surface area contributed by atoms with Crippen LogP contribution in [-0.2, 0) is 9.53 Å². The van der Waals surface area contributed by atoms with E-state index < -0.39 is 5.97 Å². The van der Waals surface area contributed by atoms with Gasteiger partial charge in [-0.1, -0.05) is 13.0 Å².